The summed E-state index contributed by atoms with van der Waals surface area (Å²) in [4.78, 5) is 16.2. The first-order chi connectivity index (χ1) is 11.2. The zero-order valence-electron chi connectivity index (χ0n) is 12.2. The fourth-order valence-electron chi connectivity index (χ4n) is 2.18. The first kappa shape index (κ1) is 14.7. The monoisotopic (exact) mass is 307 g/mol. The quantitative estimate of drug-likeness (QED) is 0.763. The van der Waals surface area contributed by atoms with Crippen molar-refractivity contribution in [2.24, 2.45) is 0 Å². The molecule has 0 spiro atoms. The first-order valence-electron chi connectivity index (χ1n) is 7.06. The van der Waals surface area contributed by atoms with E-state index in [1.807, 2.05) is 24.3 Å². The predicted molar refractivity (Wildman–Crippen MR) is 89.3 cm³/mol. The maximum absolute atomic E-state index is 13.4. The number of urea groups is 1. The van der Waals surface area contributed by atoms with Crippen LogP contribution in [0.4, 0.5) is 14.9 Å². The van der Waals surface area contributed by atoms with E-state index in [1.165, 1.54) is 18.3 Å². The fraction of sp³-hybridized carbons (Fsp3) is 0. The standard InChI is InChI=1S/C18H14FN3O/c19-15-8-2-1-5-13(15)10-12-21-18(23)22-16-9-3-6-14-7-4-11-20-17(14)16/h1-12H,(H2,21,22,23)/b12-10+. The van der Waals surface area contributed by atoms with E-state index in [0.717, 1.165) is 5.39 Å². The summed E-state index contributed by atoms with van der Waals surface area (Å²) in [5.41, 5.74) is 1.72. The molecule has 0 aliphatic carbocycles. The Morgan fingerprint density at radius 2 is 1.87 bits per heavy atom. The smallest absolute Gasteiger partial charge is 0.314 e. The summed E-state index contributed by atoms with van der Waals surface area (Å²) in [6.07, 6.45) is 4.56. The average Bonchev–Trinajstić information content (AvgIpc) is 2.57. The van der Waals surface area contributed by atoms with Gasteiger partial charge in [-0.2, -0.15) is 0 Å². The molecule has 2 amide bonds. The predicted octanol–water partition coefficient (Wildman–Crippen LogP) is 4.17. The second kappa shape index (κ2) is 6.70. The number of aromatic nitrogens is 1. The maximum atomic E-state index is 13.4. The Balaban J connectivity index is 1.69. The van der Waals surface area contributed by atoms with E-state index < -0.39 is 6.03 Å². The van der Waals surface area contributed by atoms with Gasteiger partial charge in [0.15, 0.2) is 0 Å². The fourth-order valence-corrected chi connectivity index (χ4v) is 2.18. The number of nitrogens with one attached hydrogen (secondary N) is 2. The number of hydrogen-bond donors (Lipinski definition) is 2. The lowest BCUT2D eigenvalue weighted by Gasteiger charge is -2.07. The van der Waals surface area contributed by atoms with Crippen LogP contribution in [-0.2, 0) is 0 Å². The van der Waals surface area contributed by atoms with Gasteiger partial charge < -0.3 is 10.6 Å². The van der Waals surface area contributed by atoms with E-state index in [0.29, 0.717) is 16.8 Å². The summed E-state index contributed by atoms with van der Waals surface area (Å²) >= 11 is 0. The first-order valence-corrected chi connectivity index (χ1v) is 7.06. The van der Waals surface area contributed by atoms with Crippen LogP contribution in [0.1, 0.15) is 5.56 Å². The highest BCUT2D eigenvalue weighted by Crippen LogP contribution is 2.20. The van der Waals surface area contributed by atoms with Gasteiger partial charge in [-0.15, -0.1) is 0 Å². The van der Waals surface area contributed by atoms with Crippen molar-refractivity contribution in [3.05, 3.63) is 78.4 Å². The molecule has 0 unspecified atom stereocenters. The number of halogens is 1. The number of hydrogen-bond acceptors (Lipinski definition) is 2. The third-order valence-electron chi connectivity index (χ3n) is 3.26. The molecule has 1 heterocycles. The Labute approximate surface area is 132 Å². The molecule has 114 valence electrons. The van der Waals surface area contributed by atoms with Gasteiger partial charge >= 0.3 is 6.03 Å². The highest BCUT2D eigenvalue weighted by molar-refractivity contribution is 5.99. The zero-order chi connectivity index (χ0) is 16.1. The Kier molecular flexibility index (Phi) is 4.29. The summed E-state index contributed by atoms with van der Waals surface area (Å²) in [6.45, 7) is 0. The van der Waals surface area contributed by atoms with Gasteiger partial charge in [-0.25, -0.2) is 9.18 Å². The van der Waals surface area contributed by atoms with E-state index in [4.69, 9.17) is 0 Å². The number of fused-ring (bicyclic) bond motifs is 1. The van der Waals surface area contributed by atoms with E-state index in [-0.39, 0.29) is 5.82 Å². The molecular weight excluding hydrogens is 293 g/mol. The summed E-state index contributed by atoms with van der Waals surface area (Å²) in [5, 5.41) is 6.21. The molecule has 4 nitrogen and oxygen atoms in total. The lowest BCUT2D eigenvalue weighted by Crippen LogP contribution is -2.23. The molecule has 0 atom stereocenters. The van der Waals surface area contributed by atoms with Crippen molar-refractivity contribution in [1.29, 1.82) is 0 Å². The minimum atomic E-state index is -0.421. The number of pyridine rings is 1. The van der Waals surface area contributed by atoms with E-state index in [2.05, 4.69) is 15.6 Å². The van der Waals surface area contributed by atoms with Gasteiger partial charge in [-0.3, -0.25) is 4.98 Å². The number of carbonyl (C=O) groups is 1. The number of nitrogens with zero attached hydrogens (tertiary/aromatic N) is 1. The van der Waals surface area contributed by atoms with Crippen LogP contribution in [0.15, 0.2) is 67.0 Å². The van der Waals surface area contributed by atoms with Gasteiger partial charge in [0.1, 0.15) is 5.82 Å². The topological polar surface area (TPSA) is 54.0 Å². The molecule has 1 aromatic heterocycles. The van der Waals surface area contributed by atoms with Crippen LogP contribution in [0.5, 0.6) is 0 Å². The molecule has 2 N–H and O–H groups in total. The van der Waals surface area contributed by atoms with Crippen molar-refractivity contribution in [3.8, 4) is 0 Å². The highest BCUT2D eigenvalue weighted by atomic mass is 19.1. The van der Waals surface area contributed by atoms with Crippen LogP contribution in [-0.4, -0.2) is 11.0 Å². The largest absolute Gasteiger partial charge is 0.323 e. The van der Waals surface area contributed by atoms with E-state index >= 15 is 0 Å². The molecule has 2 aromatic carbocycles. The van der Waals surface area contributed by atoms with Crippen molar-refractivity contribution >= 4 is 28.7 Å². The second-order valence-electron chi connectivity index (χ2n) is 4.83. The van der Waals surface area contributed by atoms with Gasteiger partial charge in [0.25, 0.3) is 0 Å². The van der Waals surface area contributed by atoms with Crippen LogP contribution < -0.4 is 10.6 Å². The number of rotatable bonds is 3. The molecule has 5 heteroatoms. The van der Waals surface area contributed by atoms with Crippen LogP contribution in [0.2, 0.25) is 0 Å². The summed E-state index contributed by atoms with van der Waals surface area (Å²) < 4.78 is 13.4. The van der Waals surface area contributed by atoms with Crippen LogP contribution in [0.3, 0.4) is 0 Å². The van der Waals surface area contributed by atoms with E-state index in [1.54, 1.807) is 30.5 Å². The van der Waals surface area contributed by atoms with Gasteiger partial charge in [-0.05, 0) is 24.3 Å². The molecule has 0 fully saturated rings. The molecule has 0 aliphatic rings. The van der Waals surface area contributed by atoms with Crippen LogP contribution in [0, 0.1) is 5.82 Å². The van der Waals surface area contributed by atoms with Gasteiger partial charge in [-0.1, -0.05) is 36.4 Å². The lowest BCUT2D eigenvalue weighted by molar-refractivity contribution is 0.255. The zero-order valence-corrected chi connectivity index (χ0v) is 12.2. The normalized spacial score (nSPS) is 10.8. The highest BCUT2D eigenvalue weighted by Gasteiger charge is 2.04. The molecule has 0 saturated heterocycles. The lowest BCUT2D eigenvalue weighted by atomic mass is 10.2. The summed E-state index contributed by atoms with van der Waals surface area (Å²) in [5.74, 6) is -0.343. The molecule has 3 aromatic rings. The summed E-state index contributed by atoms with van der Waals surface area (Å²) in [6, 6.07) is 15.2. The molecular formula is C18H14FN3O. The van der Waals surface area contributed by atoms with Crippen molar-refractivity contribution in [2.45, 2.75) is 0 Å². The molecule has 0 saturated carbocycles. The summed E-state index contributed by atoms with van der Waals surface area (Å²) in [7, 11) is 0. The Morgan fingerprint density at radius 1 is 1.04 bits per heavy atom. The third kappa shape index (κ3) is 3.52. The van der Waals surface area contributed by atoms with Gasteiger partial charge in [0.2, 0.25) is 0 Å². The number of anilines is 1. The van der Waals surface area contributed by atoms with Crippen LogP contribution in [0.25, 0.3) is 17.0 Å². The molecule has 0 aliphatic heterocycles. The maximum Gasteiger partial charge on any atom is 0.323 e. The average molecular weight is 307 g/mol. The SMILES string of the molecule is O=C(N/C=C/c1ccccc1F)Nc1cccc2cccnc12. The third-order valence-corrected chi connectivity index (χ3v) is 3.26. The number of para-hydroxylation sites is 1. The Hall–Kier alpha value is -3.21. The Bertz CT molecular complexity index is 872. The molecule has 23 heavy (non-hydrogen) atoms. The molecule has 0 bridgehead atoms. The number of carbonyl (C=O) groups excluding carboxylic acids is 1. The van der Waals surface area contributed by atoms with Crippen molar-refractivity contribution in [3.63, 3.8) is 0 Å². The van der Waals surface area contributed by atoms with Crippen molar-refractivity contribution in [1.82, 2.24) is 10.3 Å². The van der Waals surface area contributed by atoms with E-state index in [9.17, 15) is 9.18 Å². The number of amides is 2. The van der Waals surface area contributed by atoms with Crippen LogP contribution >= 0.6 is 0 Å². The minimum Gasteiger partial charge on any atom is -0.314 e. The minimum absolute atomic E-state index is 0.343. The molecule has 3 rings (SSSR count). The molecule has 0 radical (unpaired) electrons. The number of benzene rings is 2. The second-order valence-corrected chi connectivity index (χ2v) is 4.83. The van der Waals surface area contributed by atoms with Gasteiger partial charge in [0.05, 0.1) is 11.2 Å². The van der Waals surface area contributed by atoms with Crippen molar-refractivity contribution < 1.29 is 9.18 Å². The van der Waals surface area contributed by atoms with Gasteiger partial charge in [0, 0.05) is 23.3 Å². The van der Waals surface area contributed by atoms with Crippen molar-refractivity contribution in [2.75, 3.05) is 5.32 Å². The Morgan fingerprint density at radius 3 is 2.74 bits per heavy atom.